The van der Waals surface area contributed by atoms with E-state index in [0.717, 1.165) is 60.2 Å². The van der Waals surface area contributed by atoms with Gasteiger partial charge in [0, 0.05) is 17.0 Å². The lowest BCUT2D eigenvalue weighted by atomic mass is 9.38. The van der Waals surface area contributed by atoms with Crippen molar-refractivity contribution in [2.45, 2.75) is 57.8 Å². The highest BCUT2D eigenvalue weighted by atomic mass is 16.5. The van der Waals surface area contributed by atoms with Crippen molar-refractivity contribution in [3.63, 3.8) is 0 Å². The van der Waals surface area contributed by atoms with E-state index in [1.807, 2.05) is 36.1 Å². The molecule has 2 aromatic heterocycles. The Balaban J connectivity index is 1.22. The lowest BCUT2D eigenvalue weighted by Crippen LogP contribution is -2.70. The number of hydrogen-bond acceptors (Lipinski definition) is 6. The first-order valence-corrected chi connectivity index (χ1v) is 10.6. The van der Waals surface area contributed by atoms with Crippen LogP contribution in [0.2, 0.25) is 0 Å². The Morgan fingerprint density at radius 2 is 2.13 bits per heavy atom. The lowest BCUT2D eigenvalue weighted by Gasteiger charge is -2.68. The van der Waals surface area contributed by atoms with Crippen LogP contribution >= 0.6 is 0 Å². The van der Waals surface area contributed by atoms with Crippen molar-refractivity contribution in [3.05, 3.63) is 47.4 Å². The summed E-state index contributed by atoms with van der Waals surface area (Å²) in [5, 5.41) is 9.85. The van der Waals surface area contributed by atoms with Crippen LogP contribution in [0.5, 0.6) is 5.75 Å². The van der Waals surface area contributed by atoms with Crippen LogP contribution < -0.4 is 4.74 Å². The smallest absolute Gasteiger partial charge is 0.141 e. The number of carbonyl (C=O) groups excluding carboxylic acids is 1. The molecule has 7 heteroatoms. The maximum atomic E-state index is 11.8. The number of carbonyl (C=O) groups is 1. The van der Waals surface area contributed by atoms with E-state index in [0.29, 0.717) is 12.4 Å². The topological polar surface area (TPSA) is 79.1 Å². The van der Waals surface area contributed by atoms with Crippen LogP contribution in [0.4, 0.5) is 0 Å². The molecule has 1 aliphatic heterocycles. The molecule has 3 saturated carbocycles. The quantitative estimate of drug-likeness (QED) is 0.648. The van der Waals surface area contributed by atoms with Gasteiger partial charge in [0.15, 0.2) is 0 Å². The molecule has 2 bridgehead atoms. The summed E-state index contributed by atoms with van der Waals surface area (Å²) < 4.78 is 13.7. The molecule has 1 aromatic carbocycles. The highest BCUT2D eigenvalue weighted by Gasteiger charge is 2.71. The Labute approximate surface area is 174 Å². The van der Waals surface area contributed by atoms with Crippen LogP contribution in [0.15, 0.2) is 30.6 Å². The zero-order valence-electron chi connectivity index (χ0n) is 17.2. The molecule has 30 heavy (non-hydrogen) atoms. The zero-order valence-corrected chi connectivity index (χ0v) is 17.2. The van der Waals surface area contributed by atoms with Gasteiger partial charge >= 0.3 is 0 Å². The Morgan fingerprint density at radius 3 is 2.93 bits per heavy atom. The largest absolute Gasteiger partial charge is 0.484 e. The predicted octanol–water partition coefficient (Wildman–Crippen LogP) is 3.51. The summed E-state index contributed by atoms with van der Waals surface area (Å²) >= 11 is 0. The van der Waals surface area contributed by atoms with Crippen LogP contribution in [0.1, 0.15) is 56.0 Å². The molecular weight excluding hydrogens is 380 g/mol. The Morgan fingerprint density at radius 1 is 1.30 bits per heavy atom. The van der Waals surface area contributed by atoms with Gasteiger partial charge in [-0.05, 0) is 68.9 Å². The number of nitrogens with zero attached hydrogens (tertiary/aromatic N) is 4. The molecule has 7 nitrogen and oxygen atoms in total. The van der Waals surface area contributed by atoms with Gasteiger partial charge in [-0.15, -0.1) is 5.10 Å². The highest BCUT2D eigenvalue weighted by Crippen LogP contribution is 2.71. The summed E-state index contributed by atoms with van der Waals surface area (Å²) in [5.74, 6) is 1.10. The molecule has 3 aromatic rings. The number of aromatic nitrogens is 4. The molecule has 1 atom stereocenters. The first-order chi connectivity index (χ1) is 14.5. The molecule has 0 amide bonds. The molecule has 154 valence electrons. The van der Waals surface area contributed by atoms with E-state index in [9.17, 15) is 4.79 Å². The SMILES string of the molecule is CC(=O)C12CC(n3cc([C@@H](C)Oc4ccc5ncc6c(c5c4)CCOC6)nn3)(C1)C2. The zero-order chi connectivity index (χ0) is 20.5. The fourth-order valence-corrected chi connectivity index (χ4v) is 5.43. The van der Waals surface area contributed by atoms with Gasteiger partial charge in [-0.25, -0.2) is 4.68 Å². The van der Waals surface area contributed by atoms with Gasteiger partial charge in [-0.3, -0.25) is 9.78 Å². The van der Waals surface area contributed by atoms with Crippen molar-refractivity contribution in [1.29, 1.82) is 0 Å². The third kappa shape index (κ3) is 2.48. The van der Waals surface area contributed by atoms with Crippen LogP contribution in [-0.4, -0.2) is 32.4 Å². The third-order valence-corrected chi connectivity index (χ3v) is 7.27. The molecular formula is C23H24N4O3. The number of ether oxygens (including phenoxy) is 2. The average Bonchev–Trinajstić information content (AvgIpc) is 3.15. The summed E-state index contributed by atoms with van der Waals surface area (Å²) in [4.78, 5) is 16.3. The first-order valence-electron chi connectivity index (χ1n) is 10.6. The van der Waals surface area contributed by atoms with Crippen molar-refractivity contribution < 1.29 is 14.3 Å². The minimum Gasteiger partial charge on any atom is -0.484 e. The molecule has 0 radical (unpaired) electrons. The second kappa shape index (κ2) is 6.11. The summed E-state index contributed by atoms with van der Waals surface area (Å²) in [5.41, 5.74) is 4.15. The number of Topliss-reactive ketones (excluding diaryl/α,β-unsaturated/α-hetero) is 1. The van der Waals surface area contributed by atoms with Gasteiger partial charge < -0.3 is 9.47 Å². The molecule has 4 aliphatic rings. The number of pyridine rings is 1. The number of rotatable bonds is 5. The Kier molecular flexibility index (Phi) is 3.67. The Bertz CT molecular complexity index is 1160. The number of benzene rings is 1. The minimum absolute atomic E-state index is 0.00755. The highest BCUT2D eigenvalue weighted by molar-refractivity contribution is 5.86. The van der Waals surface area contributed by atoms with E-state index in [1.165, 1.54) is 5.56 Å². The molecule has 3 fully saturated rings. The van der Waals surface area contributed by atoms with Crippen LogP contribution in [0.3, 0.4) is 0 Å². The van der Waals surface area contributed by atoms with E-state index in [2.05, 4.69) is 21.4 Å². The van der Waals surface area contributed by atoms with Gasteiger partial charge in [0.2, 0.25) is 0 Å². The van der Waals surface area contributed by atoms with Crippen molar-refractivity contribution in [1.82, 2.24) is 20.0 Å². The average molecular weight is 404 g/mol. The lowest BCUT2D eigenvalue weighted by molar-refractivity contribution is -0.197. The number of ketones is 1. The second-order valence-corrected chi connectivity index (χ2v) is 9.18. The Hall–Kier alpha value is -2.80. The third-order valence-electron chi connectivity index (χ3n) is 7.27. The fourth-order valence-electron chi connectivity index (χ4n) is 5.43. The molecule has 0 spiro atoms. The minimum atomic E-state index is -0.221. The monoisotopic (exact) mass is 404 g/mol. The standard InChI is InChI=1S/C23H24N4O3/c1-14(21-9-27(26-25-21)23-11-22(12-23,13-23)15(2)28)30-17-3-4-20-19(7-17)18-5-6-29-10-16(18)8-24-20/h3-4,7-9,14H,5-6,10-13H2,1-2H3/t14-,22?,23?/m1/s1. The van der Waals surface area contributed by atoms with Gasteiger partial charge in [-0.2, -0.15) is 0 Å². The molecule has 0 unspecified atom stereocenters. The van der Waals surface area contributed by atoms with E-state index in [1.54, 1.807) is 6.92 Å². The molecule has 0 saturated heterocycles. The van der Waals surface area contributed by atoms with Crippen LogP contribution in [0.25, 0.3) is 10.9 Å². The van der Waals surface area contributed by atoms with Crippen molar-refractivity contribution in [2.75, 3.05) is 6.61 Å². The van der Waals surface area contributed by atoms with Crippen LogP contribution in [0, 0.1) is 5.41 Å². The summed E-state index contributed by atoms with van der Waals surface area (Å²) in [7, 11) is 0. The predicted molar refractivity (Wildman–Crippen MR) is 109 cm³/mol. The maximum Gasteiger partial charge on any atom is 0.141 e. The number of hydrogen-bond donors (Lipinski definition) is 0. The molecule has 3 aliphatic carbocycles. The van der Waals surface area contributed by atoms with Crippen molar-refractivity contribution >= 4 is 16.7 Å². The van der Waals surface area contributed by atoms with Crippen molar-refractivity contribution in [2.24, 2.45) is 5.41 Å². The van der Waals surface area contributed by atoms with Crippen LogP contribution in [-0.2, 0) is 28.1 Å². The van der Waals surface area contributed by atoms with E-state index in [4.69, 9.17) is 9.47 Å². The summed E-state index contributed by atoms with van der Waals surface area (Å²) in [6.07, 6.45) is 7.24. The summed E-state index contributed by atoms with van der Waals surface area (Å²) in [6, 6.07) is 6.04. The van der Waals surface area contributed by atoms with E-state index < -0.39 is 0 Å². The van der Waals surface area contributed by atoms with Gasteiger partial charge in [-0.1, -0.05) is 5.21 Å². The van der Waals surface area contributed by atoms with E-state index >= 15 is 0 Å². The second-order valence-electron chi connectivity index (χ2n) is 9.18. The number of fused-ring (bicyclic) bond motifs is 3. The van der Waals surface area contributed by atoms with Gasteiger partial charge in [0.05, 0.1) is 30.5 Å². The summed E-state index contributed by atoms with van der Waals surface area (Å²) in [6.45, 7) is 5.05. The first kappa shape index (κ1) is 18.0. The van der Waals surface area contributed by atoms with Gasteiger partial charge in [0.25, 0.3) is 0 Å². The van der Waals surface area contributed by atoms with Crippen molar-refractivity contribution in [3.8, 4) is 5.75 Å². The van der Waals surface area contributed by atoms with Gasteiger partial charge in [0.1, 0.15) is 23.3 Å². The normalized spacial score (nSPS) is 27.7. The molecule has 7 rings (SSSR count). The fraction of sp³-hybridized carbons (Fsp3) is 0.478. The van der Waals surface area contributed by atoms with E-state index in [-0.39, 0.29) is 17.1 Å². The molecule has 3 heterocycles. The maximum absolute atomic E-state index is 11.8. The molecule has 0 N–H and O–H groups in total.